The topological polar surface area (TPSA) is 23.3 Å². The summed E-state index contributed by atoms with van der Waals surface area (Å²) in [4.78, 5) is 11.9. The van der Waals surface area contributed by atoms with E-state index in [1.807, 2.05) is 0 Å². The average Bonchev–Trinajstić information content (AvgIpc) is 1.68. The second-order valence-corrected chi connectivity index (χ2v) is 1.66. The molecule has 0 aromatic carbocycles. The maximum atomic E-state index is 10.4. The molecule has 1 aliphatic heterocycles. The molecule has 0 saturated carbocycles. The zero-order chi connectivity index (χ0) is 5.44. The van der Waals surface area contributed by atoms with Crippen LogP contribution in [-0.4, -0.2) is 35.9 Å². The van der Waals surface area contributed by atoms with E-state index in [4.69, 9.17) is 0 Å². The van der Waals surface area contributed by atoms with Crippen molar-refractivity contribution in [1.82, 2.24) is 4.90 Å². The van der Waals surface area contributed by atoms with Gasteiger partial charge in [0.15, 0.2) is 0 Å². The van der Waals surface area contributed by atoms with Crippen LogP contribution in [0.15, 0.2) is 0 Å². The van der Waals surface area contributed by atoms with E-state index in [0.29, 0.717) is 6.67 Å². The van der Waals surface area contributed by atoms with Gasteiger partial charge in [-0.1, -0.05) is 0 Å². The summed E-state index contributed by atoms with van der Waals surface area (Å²) in [5.41, 5.74) is 0. The quantitative estimate of drug-likeness (QED) is 0.383. The van der Waals surface area contributed by atoms with E-state index < -0.39 is 0 Å². The molecule has 0 atom stereocenters. The largest absolute Gasteiger partial charge is 0.498 e. The van der Waals surface area contributed by atoms with Gasteiger partial charge in [0.2, 0.25) is 6.67 Å². The fourth-order valence-electron chi connectivity index (χ4n) is 0.541. The molecule has 1 saturated heterocycles. The van der Waals surface area contributed by atoms with Crippen LogP contribution >= 0.6 is 0 Å². The average molecular weight is 99.1 g/mol. The Morgan fingerprint density at radius 3 is 2.57 bits per heavy atom. The van der Waals surface area contributed by atoms with Gasteiger partial charge in [-0.15, -0.1) is 0 Å². The third-order valence-corrected chi connectivity index (χ3v) is 0.980. The van der Waals surface area contributed by atoms with Crippen molar-refractivity contribution in [3.05, 3.63) is 0 Å². The summed E-state index contributed by atoms with van der Waals surface area (Å²) in [6, 6.07) is 0.000000000000000222. The van der Waals surface area contributed by atoms with E-state index in [2.05, 4.69) is 6.72 Å². The van der Waals surface area contributed by atoms with Crippen LogP contribution < -0.4 is 0 Å². The Morgan fingerprint density at radius 2 is 2.57 bits per heavy atom. The Balaban J connectivity index is 2.60. The Bertz CT molecular complexity index is 130. The predicted molar refractivity (Wildman–Crippen MR) is 25.4 cm³/mol. The summed E-state index contributed by atoms with van der Waals surface area (Å²) in [6.07, 6.45) is 0. The maximum absolute atomic E-state index is 10.4. The molecule has 2 amide bonds. The third-order valence-electron chi connectivity index (χ3n) is 0.980. The summed E-state index contributed by atoms with van der Waals surface area (Å²) in [5, 5.41) is 0. The Labute approximate surface area is 41.9 Å². The Hall–Kier alpha value is -0.860. The number of urea groups is 1. The molecule has 0 spiro atoms. The van der Waals surface area contributed by atoms with Gasteiger partial charge in [-0.05, 0) is 0 Å². The molecule has 0 unspecified atom stereocenters. The lowest BCUT2D eigenvalue weighted by atomic mass is 10.6. The van der Waals surface area contributed by atoms with E-state index >= 15 is 0 Å². The summed E-state index contributed by atoms with van der Waals surface area (Å²) in [7, 11) is 1.74. The molecule has 7 heavy (non-hydrogen) atoms. The molecule has 0 bridgehead atoms. The van der Waals surface area contributed by atoms with Crippen molar-refractivity contribution in [3.63, 3.8) is 0 Å². The fraction of sp³-hybridized carbons (Fsp3) is 0.500. The number of hydrogen-bond acceptors (Lipinski definition) is 1. The van der Waals surface area contributed by atoms with E-state index in [9.17, 15) is 4.79 Å². The van der Waals surface area contributed by atoms with Crippen molar-refractivity contribution in [2.75, 3.05) is 13.7 Å². The van der Waals surface area contributed by atoms with Gasteiger partial charge in [0.25, 0.3) is 0 Å². The molecule has 38 valence electrons. The molecule has 3 nitrogen and oxygen atoms in total. The molecule has 0 radical (unpaired) electrons. The second-order valence-electron chi connectivity index (χ2n) is 1.66. The molecule has 0 N–H and O–H groups in total. The lowest BCUT2D eigenvalue weighted by molar-refractivity contribution is -0.507. The standard InChI is InChI=1S/C4H7N2O/c1-5-3-6(2)4(5)7/h1,3H2,2H3/q+1. The van der Waals surface area contributed by atoms with Crippen molar-refractivity contribution >= 4 is 12.7 Å². The highest BCUT2D eigenvalue weighted by atomic mass is 16.2. The van der Waals surface area contributed by atoms with E-state index in [-0.39, 0.29) is 6.03 Å². The number of carbonyl (C=O) groups excluding carboxylic acids is 1. The first kappa shape index (κ1) is 4.30. The minimum Gasteiger partial charge on any atom is -0.197 e. The number of carbonyl (C=O) groups is 1. The van der Waals surface area contributed by atoms with Gasteiger partial charge in [-0.3, -0.25) is 0 Å². The summed E-state index contributed by atoms with van der Waals surface area (Å²) < 4.78 is 1.40. The molecule has 0 aromatic heterocycles. The number of rotatable bonds is 0. The van der Waals surface area contributed by atoms with E-state index in [1.165, 1.54) is 4.58 Å². The highest BCUT2D eigenvalue weighted by molar-refractivity contribution is 5.70. The molecule has 0 aliphatic carbocycles. The predicted octanol–water partition coefficient (Wildman–Crippen LogP) is -0.278. The SMILES string of the molecule is C=[N+]1CN(C)C1=O. The first-order valence-corrected chi connectivity index (χ1v) is 2.05. The number of nitrogens with zero attached hydrogens (tertiary/aromatic N) is 2. The first-order valence-electron chi connectivity index (χ1n) is 2.05. The maximum Gasteiger partial charge on any atom is 0.498 e. The third kappa shape index (κ3) is 0.408. The second kappa shape index (κ2) is 1.05. The van der Waals surface area contributed by atoms with Crippen molar-refractivity contribution in [3.8, 4) is 0 Å². The van der Waals surface area contributed by atoms with Crippen LogP contribution in [0, 0.1) is 0 Å². The normalized spacial score (nSPS) is 19.9. The van der Waals surface area contributed by atoms with Crippen molar-refractivity contribution in [1.29, 1.82) is 0 Å². The summed E-state index contributed by atoms with van der Waals surface area (Å²) >= 11 is 0. The van der Waals surface area contributed by atoms with Crippen LogP contribution in [-0.2, 0) is 0 Å². The minimum atomic E-state index is 0.000000000000000222. The highest BCUT2D eigenvalue weighted by Gasteiger charge is 2.34. The van der Waals surface area contributed by atoms with Gasteiger partial charge in [0, 0.05) is 0 Å². The van der Waals surface area contributed by atoms with Crippen LogP contribution in [0.25, 0.3) is 0 Å². The highest BCUT2D eigenvalue weighted by Crippen LogP contribution is 1.98. The molecule has 3 heteroatoms. The first-order chi connectivity index (χ1) is 3.22. The van der Waals surface area contributed by atoms with Gasteiger partial charge < -0.3 is 0 Å². The van der Waals surface area contributed by atoms with Crippen LogP contribution in [0.3, 0.4) is 0 Å². The molecule has 1 heterocycles. The summed E-state index contributed by atoms with van der Waals surface area (Å²) in [6.45, 7) is 4.08. The van der Waals surface area contributed by atoms with Gasteiger partial charge >= 0.3 is 6.03 Å². The van der Waals surface area contributed by atoms with Crippen LogP contribution in [0.1, 0.15) is 0 Å². The van der Waals surface area contributed by atoms with Crippen LogP contribution in [0.5, 0.6) is 0 Å². The van der Waals surface area contributed by atoms with Crippen molar-refractivity contribution in [2.24, 2.45) is 0 Å². The molecule has 1 rings (SSSR count). The zero-order valence-corrected chi connectivity index (χ0v) is 4.22. The summed E-state index contributed by atoms with van der Waals surface area (Å²) in [5.74, 6) is 0. The van der Waals surface area contributed by atoms with Crippen molar-refractivity contribution < 1.29 is 9.37 Å². The lowest BCUT2D eigenvalue weighted by Crippen LogP contribution is -2.50. The fourth-order valence-corrected chi connectivity index (χ4v) is 0.541. The van der Waals surface area contributed by atoms with Crippen molar-refractivity contribution in [2.45, 2.75) is 0 Å². The van der Waals surface area contributed by atoms with Crippen LogP contribution in [0.2, 0.25) is 0 Å². The molecule has 0 aromatic rings. The lowest BCUT2D eigenvalue weighted by Gasteiger charge is -2.17. The molecular formula is C4H7N2O+. The Kier molecular flexibility index (Phi) is 0.648. The number of hydrogen-bond donors (Lipinski definition) is 0. The molecule has 1 fully saturated rings. The van der Waals surface area contributed by atoms with E-state index in [1.54, 1.807) is 11.9 Å². The number of amides is 2. The van der Waals surface area contributed by atoms with Crippen LogP contribution in [0.4, 0.5) is 4.79 Å². The smallest absolute Gasteiger partial charge is 0.197 e. The monoisotopic (exact) mass is 99.1 g/mol. The minimum absolute atomic E-state index is 0.000000000000000222. The zero-order valence-electron chi connectivity index (χ0n) is 4.22. The van der Waals surface area contributed by atoms with Gasteiger partial charge in [-0.2, -0.15) is 14.3 Å². The molecule has 1 aliphatic rings. The van der Waals surface area contributed by atoms with E-state index in [0.717, 1.165) is 0 Å². The molecular weight excluding hydrogens is 92.1 g/mol. The Morgan fingerprint density at radius 1 is 2.00 bits per heavy atom. The van der Waals surface area contributed by atoms with Gasteiger partial charge in [0.05, 0.1) is 13.8 Å². The van der Waals surface area contributed by atoms with Gasteiger partial charge in [-0.25, -0.2) is 0 Å². The van der Waals surface area contributed by atoms with Gasteiger partial charge in [0.1, 0.15) is 0 Å².